The highest BCUT2D eigenvalue weighted by molar-refractivity contribution is 8.19. The van der Waals surface area contributed by atoms with Crippen molar-refractivity contribution in [1.82, 2.24) is 9.80 Å². The summed E-state index contributed by atoms with van der Waals surface area (Å²) in [5.41, 5.74) is 2.11. The monoisotopic (exact) mass is 444 g/mol. The van der Waals surface area contributed by atoms with Crippen molar-refractivity contribution in [3.05, 3.63) is 59.7 Å². The molecule has 2 aromatic carbocycles. The van der Waals surface area contributed by atoms with Gasteiger partial charge in [-0.3, -0.25) is 9.69 Å². The van der Waals surface area contributed by atoms with Gasteiger partial charge in [0.15, 0.2) is 0 Å². The molecule has 2 fully saturated rings. The lowest BCUT2D eigenvalue weighted by molar-refractivity contribution is 0.0620. The van der Waals surface area contributed by atoms with Gasteiger partial charge in [-0.15, -0.1) is 23.5 Å². The molecule has 2 aromatic rings. The fourth-order valence-electron chi connectivity index (χ4n) is 3.66. The van der Waals surface area contributed by atoms with E-state index >= 15 is 0 Å². The predicted molar refractivity (Wildman–Crippen MR) is 125 cm³/mol. The van der Waals surface area contributed by atoms with Gasteiger partial charge in [0, 0.05) is 49.8 Å². The van der Waals surface area contributed by atoms with E-state index in [-0.39, 0.29) is 5.91 Å². The standard InChI is InChI=1S/C23H28N2O3S2/c1-27-20-6-8-21(9-7-20)28-15-14-24-10-12-25(13-11-24)22(26)18-2-4-19(5-3-18)23-29-16-17-30-23/h2-9,23H,10-17H2,1H3. The molecule has 7 heteroatoms. The van der Waals surface area contributed by atoms with Crippen LogP contribution in [0.1, 0.15) is 20.5 Å². The van der Waals surface area contributed by atoms with Crippen LogP contribution < -0.4 is 9.47 Å². The maximum Gasteiger partial charge on any atom is 0.253 e. The number of ether oxygens (including phenoxy) is 2. The Balaban J connectivity index is 1.20. The molecule has 2 heterocycles. The van der Waals surface area contributed by atoms with Gasteiger partial charge in [0.25, 0.3) is 5.91 Å². The molecule has 0 atom stereocenters. The van der Waals surface area contributed by atoms with E-state index < -0.39 is 0 Å². The highest BCUT2D eigenvalue weighted by Gasteiger charge is 2.23. The van der Waals surface area contributed by atoms with Gasteiger partial charge in [0.2, 0.25) is 0 Å². The molecule has 0 radical (unpaired) electrons. The van der Waals surface area contributed by atoms with Crippen LogP contribution in [0.3, 0.4) is 0 Å². The second-order valence-electron chi connectivity index (χ2n) is 7.35. The van der Waals surface area contributed by atoms with E-state index in [1.165, 1.54) is 17.1 Å². The zero-order valence-corrected chi connectivity index (χ0v) is 18.9. The summed E-state index contributed by atoms with van der Waals surface area (Å²) < 4.78 is 11.5. The van der Waals surface area contributed by atoms with Crippen LogP contribution in [0.2, 0.25) is 0 Å². The van der Waals surface area contributed by atoms with Gasteiger partial charge in [-0.2, -0.15) is 0 Å². The Kier molecular flexibility index (Phi) is 7.47. The Hall–Kier alpha value is -1.83. The topological polar surface area (TPSA) is 42.0 Å². The van der Waals surface area contributed by atoms with E-state index in [9.17, 15) is 4.79 Å². The molecule has 0 aromatic heterocycles. The number of nitrogens with zero attached hydrogens (tertiary/aromatic N) is 2. The minimum Gasteiger partial charge on any atom is -0.497 e. The van der Waals surface area contributed by atoms with Crippen molar-refractivity contribution in [2.45, 2.75) is 4.58 Å². The summed E-state index contributed by atoms with van der Waals surface area (Å²) in [5.74, 6) is 4.25. The third kappa shape index (κ3) is 5.45. The average molecular weight is 445 g/mol. The second kappa shape index (κ2) is 10.5. The third-order valence-electron chi connectivity index (χ3n) is 5.45. The van der Waals surface area contributed by atoms with Crippen molar-refractivity contribution in [2.75, 3.05) is 57.9 Å². The first-order valence-electron chi connectivity index (χ1n) is 10.3. The zero-order chi connectivity index (χ0) is 20.8. The molecule has 0 spiro atoms. The number of hydrogen-bond donors (Lipinski definition) is 0. The smallest absolute Gasteiger partial charge is 0.253 e. The Morgan fingerprint density at radius 2 is 1.57 bits per heavy atom. The van der Waals surface area contributed by atoms with Crippen molar-refractivity contribution >= 4 is 29.4 Å². The van der Waals surface area contributed by atoms with Crippen molar-refractivity contribution in [3.8, 4) is 11.5 Å². The molecule has 0 N–H and O–H groups in total. The SMILES string of the molecule is COc1ccc(OCCN2CCN(C(=O)c3ccc(C4SCCS4)cc3)CC2)cc1. The lowest BCUT2D eigenvalue weighted by Gasteiger charge is -2.34. The van der Waals surface area contributed by atoms with E-state index in [4.69, 9.17) is 9.47 Å². The summed E-state index contributed by atoms with van der Waals surface area (Å²) >= 11 is 3.98. The number of hydrogen-bond acceptors (Lipinski definition) is 6. The van der Waals surface area contributed by atoms with E-state index in [0.29, 0.717) is 11.2 Å². The molecular weight excluding hydrogens is 416 g/mol. The second-order valence-corrected chi connectivity index (χ2v) is 10.1. The summed E-state index contributed by atoms with van der Waals surface area (Å²) in [6.07, 6.45) is 0. The number of carbonyl (C=O) groups excluding carboxylic acids is 1. The van der Waals surface area contributed by atoms with Gasteiger partial charge in [0.05, 0.1) is 11.7 Å². The first-order valence-corrected chi connectivity index (χ1v) is 12.4. The maximum absolute atomic E-state index is 12.9. The molecule has 5 nitrogen and oxygen atoms in total. The molecule has 1 amide bonds. The van der Waals surface area contributed by atoms with Gasteiger partial charge < -0.3 is 14.4 Å². The molecule has 0 bridgehead atoms. The van der Waals surface area contributed by atoms with Crippen LogP contribution >= 0.6 is 23.5 Å². The minimum atomic E-state index is 0.141. The molecule has 2 saturated heterocycles. The van der Waals surface area contributed by atoms with E-state index in [2.05, 4.69) is 17.0 Å². The Morgan fingerprint density at radius 3 is 2.20 bits per heavy atom. The summed E-state index contributed by atoms with van der Waals surface area (Å²) in [4.78, 5) is 17.2. The maximum atomic E-state index is 12.9. The first kappa shape index (κ1) is 21.4. The number of methoxy groups -OCH3 is 1. The quantitative estimate of drug-likeness (QED) is 0.643. The molecule has 2 aliphatic heterocycles. The minimum absolute atomic E-state index is 0.141. The molecular formula is C23H28N2O3S2. The van der Waals surface area contributed by atoms with Gasteiger partial charge in [0.1, 0.15) is 18.1 Å². The van der Waals surface area contributed by atoms with E-state index in [1.54, 1.807) is 7.11 Å². The van der Waals surface area contributed by atoms with Crippen LogP contribution in [0.25, 0.3) is 0 Å². The predicted octanol–water partition coefficient (Wildman–Crippen LogP) is 4.01. The average Bonchev–Trinajstić information content (AvgIpc) is 3.35. The number of thioether (sulfide) groups is 2. The van der Waals surface area contributed by atoms with Crippen LogP contribution in [0.4, 0.5) is 0 Å². The fourth-order valence-corrected chi connectivity index (χ4v) is 6.51. The lowest BCUT2D eigenvalue weighted by Crippen LogP contribution is -2.49. The molecule has 0 unspecified atom stereocenters. The van der Waals surface area contributed by atoms with Crippen LogP contribution in [0, 0.1) is 0 Å². The summed E-state index contributed by atoms with van der Waals surface area (Å²) in [5, 5.41) is 0. The zero-order valence-electron chi connectivity index (χ0n) is 17.3. The summed E-state index contributed by atoms with van der Waals surface area (Å²) in [6, 6.07) is 15.9. The molecule has 0 saturated carbocycles. The van der Waals surface area contributed by atoms with Gasteiger partial charge in [-0.05, 0) is 42.0 Å². The van der Waals surface area contributed by atoms with Crippen molar-refractivity contribution in [2.24, 2.45) is 0 Å². The number of carbonyl (C=O) groups is 1. The number of amides is 1. The Morgan fingerprint density at radius 1 is 0.933 bits per heavy atom. The molecule has 160 valence electrons. The summed E-state index contributed by atoms with van der Waals surface area (Å²) in [6.45, 7) is 4.78. The molecule has 30 heavy (non-hydrogen) atoms. The lowest BCUT2D eigenvalue weighted by atomic mass is 10.1. The van der Waals surface area contributed by atoms with Crippen LogP contribution in [-0.2, 0) is 0 Å². The highest BCUT2D eigenvalue weighted by atomic mass is 32.2. The fraction of sp³-hybridized carbons (Fsp3) is 0.435. The Bertz CT molecular complexity index is 815. The van der Waals surface area contributed by atoms with Crippen molar-refractivity contribution in [1.29, 1.82) is 0 Å². The van der Waals surface area contributed by atoms with E-state index in [1.807, 2.05) is 64.8 Å². The molecule has 4 rings (SSSR count). The van der Waals surface area contributed by atoms with Crippen LogP contribution in [0.5, 0.6) is 11.5 Å². The third-order valence-corrected chi connectivity index (χ3v) is 8.55. The molecule has 0 aliphatic carbocycles. The van der Waals surface area contributed by atoms with E-state index in [0.717, 1.165) is 49.8 Å². The summed E-state index contributed by atoms with van der Waals surface area (Å²) in [7, 11) is 1.66. The van der Waals surface area contributed by atoms with Gasteiger partial charge in [-0.25, -0.2) is 0 Å². The number of rotatable bonds is 7. The van der Waals surface area contributed by atoms with Gasteiger partial charge in [-0.1, -0.05) is 12.1 Å². The van der Waals surface area contributed by atoms with Crippen molar-refractivity contribution < 1.29 is 14.3 Å². The largest absolute Gasteiger partial charge is 0.497 e. The van der Waals surface area contributed by atoms with Crippen molar-refractivity contribution in [3.63, 3.8) is 0 Å². The number of benzene rings is 2. The molecule has 2 aliphatic rings. The Labute approximate surface area is 187 Å². The van der Waals surface area contributed by atoms with Crippen LogP contribution in [-0.4, -0.2) is 73.7 Å². The van der Waals surface area contributed by atoms with Crippen LogP contribution in [0.15, 0.2) is 48.5 Å². The normalized spacial score (nSPS) is 17.8. The first-order chi connectivity index (χ1) is 14.7. The van der Waals surface area contributed by atoms with Gasteiger partial charge >= 0.3 is 0 Å². The number of piperazine rings is 1. The highest BCUT2D eigenvalue weighted by Crippen LogP contribution is 2.45.